The summed E-state index contributed by atoms with van der Waals surface area (Å²) >= 11 is 0. The molecule has 6 nitrogen and oxygen atoms in total. The largest absolute Gasteiger partial charge is 0.469 e. The van der Waals surface area contributed by atoms with Crippen molar-refractivity contribution in [2.24, 2.45) is 5.92 Å². The molecular weight excluding hydrogens is 260 g/mol. The Morgan fingerprint density at radius 2 is 2.20 bits per heavy atom. The Labute approximate surface area is 116 Å². The molecule has 0 aliphatic carbocycles. The van der Waals surface area contributed by atoms with Crippen LogP contribution in [0.1, 0.15) is 18.5 Å². The maximum absolute atomic E-state index is 12.2. The zero-order valence-corrected chi connectivity index (χ0v) is 11.3. The molecule has 2 bridgehead atoms. The van der Waals surface area contributed by atoms with E-state index in [0.29, 0.717) is 12.4 Å². The summed E-state index contributed by atoms with van der Waals surface area (Å²) in [5, 5.41) is 2.85. The molecule has 2 amide bonds. The molecular formula is C14H16N2O4. The summed E-state index contributed by atoms with van der Waals surface area (Å²) < 4.78 is 10.9. The predicted molar refractivity (Wildman–Crippen MR) is 70.0 cm³/mol. The highest BCUT2D eigenvalue weighted by Gasteiger charge is 2.51. The molecule has 3 rings (SSSR count). The van der Waals surface area contributed by atoms with E-state index < -0.39 is 18.2 Å². The molecule has 1 fully saturated rings. The third kappa shape index (κ3) is 1.79. The number of hydrogen-bond donors (Lipinski definition) is 1. The Balaban J connectivity index is 2.04. The van der Waals surface area contributed by atoms with E-state index in [1.807, 2.05) is 24.3 Å². The fourth-order valence-electron chi connectivity index (χ4n) is 2.74. The minimum atomic E-state index is -0.636. The van der Waals surface area contributed by atoms with Crippen molar-refractivity contribution < 1.29 is 19.1 Å². The van der Waals surface area contributed by atoms with Gasteiger partial charge in [0.15, 0.2) is 6.23 Å². The minimum Gasteiger partial charge on any atom is -0.469 e. The average molecular weight is 276 g/mol. The predicted octanol–water partition coefficient (Wildman–Crippen LogP) is 1.28. The molecule has 2 heterocycles. The number of urea groups is 1. The van der Waals surface area contributed by atoms with E-state index in [9.17, 15) is 9.59 Å². The Morgan fingerprint density at radius 3 is 2.95 bits per heavy atom. The van der Waals surface area contributed by atoms with E-state index in [0.717, 1.165) is 5.56 Å². The minimum absolute atomic E-state index is 0.255. The average Bonchev–Trinajstić information content (AvgIpc) is 2.45. The SMILES string of the molecule is CCOC(=O)[C@H]1[C@H]2NC(=O)N(C)[C@H]1Oc1ccccc12. The standard InChI is InChI=1S/C14H16N2O4/c1-3-19-13(17)10-11-8-6-4-5-7-9(8)20-12(10)16(2)14(18)15-11/h4-7,10-12H,3H2,1-2H3,(H,15,18)/t10-,11-,12-/m0/s1. The molecule has 1 N–H and O–H groups in total. The number of benzene rings is 1. The van der Waals surface area contributed by atoms with Crippen molar-refractivity contribution in [3.05, 3.63) is 29.8 Å². The van der Waals surface area contributed by atoms with Gasteiger partial charge in [0.1, 0.15) is 11.7 Å². The number of nitrogens with zero attached hydrogens (tertiary/aromatic N) is 1. The van der Waals surface area contributed by atoms with Crippen LogP contribution in [-0.2, 0) is 9.53 Å². The van der Waals surface area contributed by atoms with Gasteiger partial charge in [-0.05, 0) is 13.0 Å². The lowest BCUT2D eigenvalue weighted by Crippen LogP contribution is -2.63. The molecule has 3 atom stereocenters. The number of hydrogen-bond acceptors (Lipinski definition) is 4. The summed E-state index contributed by atoms with van der Waals surface area (Å²) in [5.74, 6) is -0.230. The Hall–Kier alpha value is -2.24. The van der Waals surface area contributed by atoms with Crippen LogP contribution in [0.2, 0.25) is 0 Å². The van der Waals surface area contributed by atoms with Crippen LogP contribution in [0.25, 0.3) is 0 Å². The number of esters is 1. The molecule has 0 radical (unpaired) electrons. The Bertz CT molecular complexity index is 560. The van der Waals surface area contributed by atoms with Crippen LogP contribution in [0.3, 0.4) is 0 Å². The summed E-state index contributed by atoms with van der Waals surface area (Å²) in [6.07, 6.45) is -0.636. The summed E-state index contributed by atoms with van der Waals surface area (Å²) in [7, 11) is 1.61. The summed E-state index contributed by atoms with van der Waals surface area (Å²) in [6, 6.07) is 6.74. The van der Waals surface area contributed by atoms with Crippen LogP contribution >= 0.6 is 0 Å². The highest BCUT2D eigenvalue weighted by Crippen LogP contribution is 2.42. The van der Waals surface area contributed by atoms with Crippen LogP contribution in [0.5, 0.6) is 5.75 Å². The first-order chi connectivity index (χ1) is 9.63. The van der Waals surface area contributed by atoms with Gasteiger partial charge in [-0.15, -0.1) is 0 Å². The van der Waals surface area contributed by atoms with Crippen molar-refractivity contribution in [1.29, 1.82) is 0 Å². The zero-order valence-electron chi connectivity index (χ0n) is 11.3. The summed E-state index contributed by atoms with van der Waals surface area (Å²) in [6.45, 7) is 2.06. The van der Waals surface area contributed by atoms with Gasteiger partial charge in [-0.2, -0.15) is 0 Å². The fourth-order valence-corrected chi connectivity index (χ4v) is 2.74. The van der Waals surface area contributed by atoms with Gasteiger partial charge < -0.3 is 14.8 Å². The lowest BCUT2D eigenvalue weighted by Gasteiger charge is -2.46. The number of fused-ring (bicyclic) bond motifs is 4. The fraction of sp³-hybridized carbons (Fsp3) is 0.429. The highest BCUT2D eigenvalue weighted by atomic mass is 16.5. The summed E-state index contributed by atoms with van der Waals surface area (Å²) in [5.41, 5.74) is 0.809. The second kappa shape index (κ2) is 4.70. The van der Waals surface area contributed by atoms with Crippen LogP contribution in [0.4, 0.5) is 4.79 Å². The van der Waals surface area contributed by atoms with Crippen molar-refractivity contribution in [3.63, 3.8) is 0 Å². The monoisotopic (exact) mass is 276 g/mol. The molecule has 20 heavy (non-hydrogen) atoms. The van der Waals surface area contributed by atoms with Gasteiger partial charge in [-0.3, -0.25) is 9.69 Å². The van der Waals surface area contributed by atoms with E-state index in [1.165, 1.54) is 4.90 Å². The molecule has 1 aromatic rings. The number of nitrogens with one attached hydrogen (secondary N) is 1. The normalized spacial score (nSPS) is 27.2. The molecule has 106 valence electrons. The van der Waals surface area contributed by atoms with Gasteiger partial charge >= 0.3 is 12.0 Å². The molecule has 0 saturated carbocycles. The van der Waals surface area contributed by atoms with Gasteiger partial charge in [0.05, 0.1) is 12.6 Å². The molecule has 0 unspecified atom stereocenters. The van der Waals surface area contributed by atoms with Gasteiger partial charge in [0, 0.05) is 12.6 Å². The maximum atomic E-state index is 12.2. The lowest BCUT2D eigenvalue weighted by atomic mass is 9.86. The van der Waals surface area contributed by atoms with Crippen molar-refractivity contribution in [1.82, 2.24) is 10.2 Å². The first-order valence-corrected chi connectivity index (χ1v) is 6.59. The van der Waals surface area contributed by atoms with Gasteiger partial charge in [-0.1, -0.05) is 18.2 Å². The van der Waals surface area contributed by atoms with Crippen LogP contribution in [0, 0.1) is 5.92 Å². The van der Waals surface area contributed by atoms with Crippen molar-refractivity contribution in [2.75, 3.05) is 13.7 Å². The van der Waals surface area contributed by atoms with Crippen LogP contribution in [-0.4, -0.2) is 36.8 Å². The number of rotatable bonds is 2. The number of carbonyl (C=O) groups excluding carboxylic acids is 2. The van der Waals surface area contributed by atoms with Crippen molar-refractivity contribution in [3.8, 4) is 5.75 Å². The van der Waals surface area contributed by atoms with E-state index in [-0.39, 0.29) is 12.0 Å². The van der Waals surface area contributed by atoms with Crippen LogP contribution < -0.4 is 10.1 Å². The Kier molecular flexibility index (Phi) is 3.00. The number of amides is 2. The van der Waals surface area contributed by atoms with Gasteiger partial charge in [0.25, 0.3) is 0 Å². The van der Waals surface area contributed by atoms with E-state index in [2.05, 4.69) is 5.32 Å². The second-order valence-electron chi connectivity index (χ2n) is 4.86. The lowest BCUT2D eigenvalue weighted by molar-refractivity contribution is -0.159. The topological polar surface area (TPSA) is 67.9 Å². The molecule has 2 aliphatic heterocycles. The van der Waals surface area contributed by atoms with Crippen molar-refractivity contribution in [2.45, 2.75) is 19.2 Å². The number of ether oxygens (including phenoxy) is 2. The highest BCUT2D eigenvalue weighted by molar-refractivity contribution is 5.82. The number of para-hydroxylation sites is 1. The van der Waals surface area contributed by atoms with Crippen LogP contribution in [0.15, 0.2) is 24.3 Å². The summed E-state index contributed by atoms with van der Waals surface area (Å²) in [4.78, 5) is 25.5. The molecule has 1 saturated heterocycles. The van der Waals surface area contributed by atoms with Gasteiger partial charge in [-0.25, -0.2) is 4.79 Å². The van der Waals surface area contributed by atoms with Crippen molar-refractivity contribution >= 4 is 12.0 Å². The third-order valence-electron chi connectivity index (χ3n) is 3.71. The maximum Gasteiger partial charge on any atom is 0.320 e. The molecule has 6 heteroatoms. The van der Waals surface area contributed by atoms with E-state index in [4.69, 9.17) is 9.47 Å². The van der Waals surface area contributed by atoms with Gasteiger partial charge in [0.2, 0.25) is 0 Å². The zero-order chi connectivity index (χ0) is 14.3. The van der Waals surface area contributed by atoms with E-state index >= 15 is 0 Å². The van der Waals surface area contributed by atoms with E-state index in [1.54, 1.807) is 14.0 Å². The quantitative estimate of drug-likeness (QED) is 0.826. The Morgan fingerprint density at radius 1 is 1.45 bits per heavy atom. The molecule has 0 spiro atoms. The number of carbonyl (C=O) groups is 2. The first-order valence-electron chi connectivity index (χ1n) is 6.59. The smallest absolute Gasteiger partial charge is 0.320 e. The second-order valence-corrected chi connectivity index (χ2v) is 4.86. The molecule has 0 aromatic heterocycles. The first kappa shape index (κ1) is 12.8. The molecule has 2 aliphatic rings. The third-order valence-corrected chi connectivity index (χ3v) is 3.71. The molecule has 1 aromatic carbocycles.